The van der Waals surface area contributed by atoms with Crippen LogP contribution in [0.1, 0.15) is 19.4 Å². The molecule has 1 amide bonds. The number of rotatable bonds is 3. The first-order valence-electron chi connectivity index (χ1n) is 13.2. The molecule has 3 aliphatic rings. The first-order valence-corrected chi connectivity index (χ1v) is 14.2. The largest absolute Gasteiger partial charge is 0.417 e. The van der Waals surface area contributed by atoms with Gasteiger partial charge in [-0.05, 0) is 31.2 Å². The summed E-state index contributed by atoms with van der Waals surface area (Å²) < 4.78 is 80.3. The Kier molecular flexibility index (Phi) is 6.71. The highest BCUT2D eigenvalue weighted by molar-refractivity contribution is 7.99. The number of hydrogen-bond acceptors (Lipinski definition) is 5. The lowest BCUT2D eigenvalue weighted by Crippen LogP contribution is -2.49. The van der Waals surface area contributed by atoms with E-state index in [-0.39, 0.29) is 32.6 Å². The minimum atomic E-state index is -4.95. The SMILES string of the molecule is C=CC(=O)N1C=C(C)[N+](C)(c2nc(=O)n3c4c(c(-c5ccc(F)cc5F)c(C(F)(F)F)cc24)SCC2(COC2)C3)C=C1C. The molecule has 1 spiro atoms. The predicted octanol–water partition coefficient (Wildman–Crippen LogP) is 6.17. The van der Waals surface area contributed by atoms with Crippen molar-refractivity contribution in [3.8, 4) is 11.1 Å². The topological polar surface area (TPSA) is 64.4 Å². The van der Waals surface area contributed by atoms with Gasteiger partial charge >= 0.3 is 11.9 Å². The van der Waals surface area contributed by atoms with E-state index in [4.69, 9.17) is 4.74 Å². The standard InChI is InChI=1S/C30H26F5N4O3S/c1-5-23(40)37-10-17(3)39(4,11-16(37)2)27-20-9-21(30(33,34)35)24(19-7-6-18(31)8-22(19)32)26-25(20)38(28(41)36-27)12-29(15-43-26)13-42-14-29/h5-11H,1,12-15H2,2-4H3/q+1. The normalized spacial score (nSPS) is 21.3. The summed E-state index contributed by atoms with van der Waals surface area (Å²) in [5.41, 5.74) is -2.15. The third-order valence-electron chi connectivity index (χ3n) is 8.26. The van der Waals surface area contributed by atoms with Crippen LogP contribution in [0.15, 0.2) is 70.4 Å². The van der Waals surface area contributed by atoms with E-state index in [1.165, 1.54) is 15.7 Å². The van der Waals surface area contributed by atoms with Crippen LogP contribution in [0.5, 0.6) is 0 Å². The zero-order chi connectivity index (χ0) is 31.1. The second-order valence-electron chi connectivity index (χ2n) is 11.3. The van der Waals surface area contributed by atoms with Crippen molar-refractivity contribution < 1.29 is 31.5 Å². The second kappa shape index (κ2) is 9.86. The molecular weight excluding hydrogens is 591 g/mol. The summed E-state index contributed by atoms with van der Waals surface area (Å²) in [6.07, 6.45) is -0.666. The molecule has 0 saturated carbocycles. The van der Waals surface area contributed by atoms with Gasteiger partial charge in [0.15, 0.2) is 0 Å². The number of alkyl halides is 3. The van der Waals surface area contributed by atoms with Gasteiger partial charge in [-0.3, -0.25) is 14.3 Å². The van der Waals surface area contributed by atoms with E-state index in [2.05, 4.69) is 11.6 Å². The molecule has 2 aromatic carbocycles. The van der Waals surface area contributed by atoms with Gasteiger partial charge in [-0.2, -0.15) is 13.2 Å². The van der Waals surface area contributed by atoms with Crippen LogP contribution in [0.3, 0.4) is 0 Å². The molecule has 0 aliphatic carbocycles. The molecule has 7 nitrogen and oxygen atoms in total. The maximum atomic E-state index is 15.2. The smallest absolute Gasteiger partial charge is 0.380 e. The molecule has 224 valence electrons. The molecule has 1 saturated heterocycles. The number of nitrogens with zero attached hydrogens (tertiary/aromatic N) is 4. The number of halogens is 5. The molecular formula is C30H26F5N4O3S+. The molecule has 43 heavy (non-hydrogen) atoms. The van der Waals surface area contributed by atoms with Crippen LogP contribution < -0.4 is 10.2 Å². The number of ether oxygens (including phenoxy) is 1. The molecule has 0 N–H and O–H groups in total. The lowest BCUT2D eigenvalue weighted by molar-refractivity contribution is -0.137. The van der Waals surface area contributed by atoms with E-state index in [9.17, 15) is 27.2 Å². The third-order valence-corrected chi connectivity index (χ3v) is 9.71. The zero-order valence-corrected chi connectivity index (χ0v) is 24.2. The van der Waals surface area contributed by atoms with Crippen LogP contribution in [-0.2, 0) is 22.3 Å². The molecule has 1 atom stereocenters. The summed E-state index contributed by atoms with van der Waals surface area (Å²) in [5.74, 6) is -2.18. The van der Waals surface area contributed by atoms with Gasteiger partial charge in [-0.15, -0.1) is 16.7 Å². The summed E-state index contributed by atoms with van der Waals surface area (Å²) >= 11 is 1.09. The van der Waals surface area contributed by atoms with Gasteiger partial charge in [0, 0.05) is 46.7 Å². The van der Waals surface area contributed by atoms with E-state index in [1.807, 2.05) is 0 Å². The monoisotopic (exact) mass is 617 g/mol. The van der Waals surface area contributed by atoms with Crippen molar-refractivity contribution >= 4 is 34.4 Å². The fraction of sp³-hybridized carbons (Fsp3) is 0.300. The van der Waals surface area contributed by atoms with Gasteiger partial charge in [0.1, 0.15) is 23.5 Å². The summed E-state index contributed by atoms with van der Waals surface area (Å²) in [6, 6.07) is 3.32. The van der Waals surface area contributed by atoms with E-state index < -0.39 is 51.5 Å². The van der Waals surface area contributed by atoms with Crippen LogP contribution in [0.2, 0.25) is 0 Å². The van der Waals surface area contributed by atoms with Gasteiger partial charge in [0.25, 0.3) is 11.7 Å². The zero-order valence-electron chi connectivity index (χ0n) is 23.4. The number of thioether (sulfide) groups is 1. The number of hydrogen-bond donors (Lipinski definition) is 0. The number of allylic oxidation sites excluding steroid dienone is 2. The highest BCUT2D eigenvalue weighted by atomic mass is 32.2. The molecule has 6 rings (SSSR count). The summed E-state index contributed by atoms with van der Waals surface area (Å²) in [7, 11) is 1.66. The lowest BCUT2D eigenvalue weighted by atomic mass is 9.88. The number of amides is 1. The van der Waals surface area contributed by atoms with Crippen molar-refractivity contribution in [1.29, 1.82) is 0 Å². The summed E-state index contributed by atoms with van der Waals surface area (Å²) in [4.78, 5) is 32.0. The highest BCUT2D eigenvalue weighted by Crippen LogP contribution is 2.52. The van der Waals surface area contributed by atoms with Crippen molar-refractivity contribution in [2.75, 3.05) is 26.0 Å². The Balaban J connectivity index is 1.74. The molecule has 3 aliphatic heterocycles. The fourth-order valence-corrected chi connectivity index (χ4v) is 7.33. The molecule has 4 heterocycles. The van der Waals surface area contributed by atoms with E-state index in [0.29, 0.717) is 36.4 Å². The minimum Gasteiger partial charge on any atom is -0.380 e. The van der Waals surface area contributed by atoms with Crippen LogP contribution >= 0.6 is 11.8 Å². The molecule has 1 aromatic heterocycles. The number of carbonyl (C=O) groups is 1. The summed E-state index contributed by atoms with van der Waals surface area (Å²) in [5, 5.41) is 0.0424. The van der Waals surface area contributed by atoms with Crippen molar-refractivity contribution in [2.24, 2.45) is 5.41 Å². The highest BCUT2D eigenvalue weighted by Gasteiger charge is 2.46. The van der Waals surface area contributed by atoms with Crippen LogP contribution in [0, 0.1) is 17.0 Å². The number of aromatic nitrogens is 2. The Morgan fingerprint density at radius 1 is 1.21 bits per heavy atom. The van der Waals surface area contributed by atoms with Crippen molar-refractivity contribution in [3.05, 3.63) is 88.4 Å². The van der Waals surface area contributed by atoms with Crippen molar-refractivity contribution in [2.45, 2.75) is 31.5 Å². The maximum Gasteiger partial charge on any atom is 0.417 e. The minimum absolute atomic E-state index is 0.00865. The number of quaternary nitrogens is 1. The van der Waals surface area contributed by atoms with Gasteiger partial charge in [0.05, 0.1) is 48.6 Å². The van der Waals surface area contributed by atoms with Crippen LogP contribution in [-0.4, -0.2) is 46.4 Å². The average molecular weight is 618 g/mol. The summed E-state index contributed by atoms with van der Waals surface area (Å²) in [6.45, 7) is 7.56. The molecule has 1 fully saturated rings. The first kappa shape index (κ1) is 29.3. The molecule has 1 unspecified atom stereocenters. The lowest BCUT2D eigenvalue weighted by Gasteiger charge is -2.40. The fourth-order valence-electron chi connectivity index (χ4n) is 5.90. The predicted molar refractivity (Wildman–Crippen MR) is 153 cm³/mol. The van der Waals surface area contributed by atoms with Gasteiger partial charge in [0.2, 0.25) is 0 Å². The maximum absolute atomic E-state index is 15.2. The number of carbonyl (C=O) groups excluding carboxylic acids is 1. The Labute approximate surface area is 247 Å². The second-order valence-corrected chi connectivity index (χ2v) is 12.2. The molecule has 3 aromatic rings. The first-order chi connectivity index (χ1) is 20.2. The van der Waals surface area contributed by atoms with E-state index in [1.54, 1.807) is 27.1 Å². The van der Waals surface area contributed by atoms with Crippen molar-refractivity contribution in [1.82, 2.24) is 18.9 Å². The van der Waals surface area contributed by atoms with Gasteiger partial charge in [-0.1, -0.05) is 6.58 Å². The van der Waals surface area contributed by atoms with Gasteiger partial charge < -0.3 is 4.74 Å². The average Bonchev–Trinajstić information content (AvgIpc) is 3.11. The molecule has 0 radical (unpaired) electrons. The Bertz CT molecular complexity index is 1860. The molecule has 0 bridgehead atoms. The quantitative estimate of drug-likeness (QED) is 0.200. The van der Waals surface area contributed by atoms with E-state index in [0.717, 1.165) is 36.0 Å². The Hall–Kier alpha value is -3.81. The van der Waals surface area contributed by atoms with Crippen LogP contribution in [0.25, 0.3) is 22.0 Å². The molecule has 13 heteroatoms. The Morgan fingerprint density at radius 3 is 2.53 bits per heavy atom. The third kappa shape index (κ3) is 4.52. The van der Waals surface area contributed by atoms with Gasteiger partial charge in [-0.25, -0.2) is 18.1 Å². The Morgan fingerprint density at radius 2 is 1.93 bits per heavy atom. The van der Waals surface area contributed by atoms with Crippen LogP contribution in [0.4, 0.5) is 27.8 Å². The van der Waals surface area contributed by atoms with E-state index >= 15 is 4.39 Å². The number of benzene rings is 2. The van der Waals surface area contributed by atoms with Crippen molar-refractivity contribution in [3.63, 3.8) is 0 Å².